The number of amides is 1. The van der Waals surface area contributed by atoms with Crippen LogP contribution in [0, 0.1) is 13.8 Å². The molecule has 1 fully saturated rings. The first kappa shape index (κ1) is 22.1. The number of hydrogen-bond acceptors (Lipinski definition) is 5. The lowest BCUT2D eigenvalue weighted by Gasteiger charge is -2.10. The van der Waals surface area contributed by atoms with Crippen LogP contribution in [0.5, 0.6) is 11.5 Å². The van der Waals surface area contributed by atoms with Crippen molar-refractivity contribution in [3.05, 3.63) is 76.7 Å². The van der Waals surface area contributed by atoms with Crippen LogP contribution < -0.4 is 9.47 Å². The molecule has 0 aliphatic carbocycles. The number of benzene rings is 2. The highest BCUT2D eigenvalue weighted by Crippen LogP contribution is 2.32. The number of rotatable bonds is 9. The minimum atomic E-state index is -0.0836. The molecule has 1 saturated heterocycles. The lowest BCUT2D eigenvalue weighted by Crippen LogP contribution is -2.27. The molecule has 3 rings (SSSR count). The van der Waals surface area contributed by atoms with E-state index in [1.165, 1.54) is 22.9 Å². The van der Waals surface area contributed by atoms with E-state index in [1.807, 2.05) is 36.4 Å². The van der Waals surface area contributed by atoms with Crippen LogP contribution in [0.25, 0.3) is 6.08 Å². The van der Waals surface area contributed by atoms with Crippen LogP contribution in [0.1, 0.15) is 23.1 Å². The molecule has 0 bridgehead atoms. The number of carbonyl (C=O) groups excluding carboxylic acids is 1. The van der Waals surface area contributed by atoms with Gasteiger partial charge in [-0.3, -0.25) is 9.69 Å². The molecule has 1 aliphatic heterocycles. The molecule has 1 aliphatic rings. The van der Waals surface area contributed by atoms with E-state index in [2.05, 4.69) is 32.6 Å². The molecule has 2 aromatic rings. The van der Waals surface area contributed by atoms with Crippen molar-refractivity contribution in [2.75, 3.05) is 19.8 Å². The number of thioether (sulfide) groups is 1. The van der Waals surface area contributed by atoms with Gasteiger partial charge in [0.2, 0.25) is 0 Å². The summed E-state index contributed by atoms with van der Waals surface area (Å²) in [6, 6.07) is 13.8. The molecule has 0 unspecified atom stereocenters. The fraction of sp³-hybridized carbons (Fsp3) is 0.250. The van der Waals surface area contributed by atoms with Crippen LogP contribution in [0.2, 0.25) is 0 Å². The van der Waals surface area contributed by atoms with E-state index in [1.54, 1.807) is 11.0 Å². The van der Waals surface area contributed by atoms with Crippen molar-refractivity contribution in [3.63, 3.8) is 0 Å². The second-order valence-electron chi connectivity index (χ2n) is 6.95. The first-order valence-corrected chi connectivity index (χ1v) is 11.0. The second-order valence-corrected chi connectivity index (χ2v) is 8.63. The standard InChI is InChI=1S/C24H25NO3S2/c1-4-11-25-23(26)22(30-24(25)29)16-19-7-5-8-20(15-19)27-12-6-13-28-21-10-9-17(2)18(3)14-21/h4-5,7-10,14-16H,1,6,11-13H2,2-3H3/b22-16+. The maximum atomic E-state index is 12.5. The molecule has 0 N–H and O–H groups in total. The number of hydrogen-bond donors (Lipinski definition) is 0. The Balaban J connectivity index is 1.51. The Morgan fingerprint density at radius 3 is 2.50 bits per heavy atom. The van der Waals surface area contributed by atoms with Crippen molar-refractivity contribution >= 4 is 40.3 Å². The Morgan fingerprint density at radius 2 is 1.80 bits per heavy atom. The Kier molecular flexibility index (Phi) is 7.71. The van der Waals surface area contributed by atoms with Crippen LogP contribution in [-0.4, -0.2) is 34.9 Å². The monoisotopic (exact) mass is 439 g/mol. The minimum absolute atomic E-state index is 0.0836. The van der Waals surface area contributed by atoms with E-state index < -0.39 is 0 Å². The summed E-state index contributed by atoms with van der Waals surface area (Å²) < 4.78 is 12.2. The van der Waals surface area contributed by atoms with Gasteiger partial charge in [-0.2, -0.15) is 0 Å². The van der Waals surface area contributed by atoms with Gasteiger partial charge in [-0.15, -0.1) is 6.58 Å². The van der Waals surface area contributed by atoms with Gasteiger partial charge in [-0.1, -0.05) is 48.3 Å². The van der Waals surface area contributed by atoms with Crippen LogP contribution >= 0.6 is 24.0 Å². The highest BCUT2D eigenvalue weighted by atomic mass is 32.2. The zero-order chi connectivity index (χ0) is 21.5. The third-order valence-corrected chi connectivity index (χ3v) is 6.02. The first-order chi connectivity index (χ1) is 14.5. The Bertz CT molecular complexity index is 984. The zero-order valence-electron chi connectivity index (χ0n) is 17.2. The Hall–Kier alpha value is -2.57. The van der Waals surface area contributed by atoms with E-state index in [9.17, 15) is 4.79 Å². The highest BCUT2D eigenvalue weighted by molar-refractivity contribution is 8.26. The van der Waals surface area contributed by atoms with Crippen molar-refractivity contribution in [1.82, 2.24) is 4.90 Å². The number of aryl methyl sites for hydroxylation is 2. The zero-order valence-corrected chi connectivity index (χ0v) is 18.9. The molecule has 1 heterocycles. The van der Waals surface area contributed by atoms with E-state index >= 15 is 0 Å². The lowest BCUT2D eigenvalue weighted by molar-refractivity contribution is -0.121. The van der Waals surface area contributed by atoms with Gasteiger partial charge >= 0.3 is 0 Å². The molecule has 0 atom stereocenters. The quantitative estimate of drug-likeness (QED) is 0.222. The van der Waals surface area contributed by atoms with Crippen LogP contribution in [0.15, 0.2) is 60.0 Å². The number of thiocarbonyl (C=S) groups is 1. The van der Waals surface area contributed by atoms with Gasteiger partial charge in [0.25, 0.3) is 5.91 Å². The third kappa shape index (κ3) is 5.74. The van der Waals surface area contributed by atoms with Crippen molar-refractivity contribution in [1.29, 1.82) is 0 Å². The molecule has 0 radical (unpaired) electrons. The second kappa shape index (κ2) is 10.5. The summed E-state index contributed by atoms with van der Waals surface area (Å²) in [4.78, 5) is 14.6. The average Bonchev–Trinajstić information content (AvgIpc) is 2.98. The molecule has 2 aromatic carbocycles. The molecule has 0 saturated carbocycles. The van der Waals surface area contributed by atoms with E-state index in [0.717, 1.165) is 23.5 Å². The van der Waals surface area contributed by atoms with Crippen molar-refractivity contribution in [3.8, 4) is 11.5 Å². The van der Waals surface area contributed by atoms with Crippen molar-refractivity contribution in [2.45, 2.75) is 20.3 Å². The van der Waals surface area contributed by atoms with Gasteiger partial charge in [0.1, 0.15) is 15.8 Å². The predicted molar refractivity (Wildman–Crippen MR) is 128 cm³/mol. The average molecular weight is 440 g/mol. The summed E-state index contributed by atoms with van der Waals surface area (Å²) in [5, 5.41) is 0. The first-order valence-electron chi connectivity index (χ1n) is 9.77. The van der Waals surface area contributed by atoms with Gasteiger partial charge in [0.05, 0.1) is 18.1 Å². The smallest absolute Gasteiger partial charge is 0.266 e. The maximum Gasteiger partial charge on any atom is 0.266 e. The van der Waals surface area contributed by atoms with Crippen LogP contribution in [-0.2, 0) is 4.79 Å². The van der Waals surface area contributed by atoms with E-state index in [-0.39, 0.29) is 5.91 Å². The molecule has 0 spiro atoms. The highest BCUT2D eigenvalue weighted by Gasteiger charge is 2.30. The summed E-state index contributed by atoms with van der Waals surface area (Å²) in [5.74, 6) is 1.56. The molecular formula is C24H25NO3S2. The number of carbonyl (C=O) groups is 1. The largest absolute Gasteiger partial charge is 0.493 e. The predicted octanol–water partition coefficient (Wildman–Crippen LogP) is 5.54. The fourth-order valence-electron chi connectivity index (χ4n) is 2.87. The molecule has 4 nitrogen and oxygen atoms in total. The third-order valence-electron chi connectivity index (χ3n) is 4.65. The van der Waals surface area contributed by atoms with Gasteiger partial charge < -0.3 is 9.47 Å². The van der Waals surface area contributed by atoms with E-state index in [0.29, 0.717) is 29.0 Å². The molecule has 6 heteroatoms. The van der Waals surface area contributed by atoms with Crippen molar-refractivity contribution < 1.29 is 14.3 Å². The molecule has 1 amide bonds. The van der Waals surface area contributed by atoms with E-state index in [4.69, 9.17) is 21.7 Å². The van der Waals surface area contributed by atoms with Crippen LogP contribution in [0.4, 0.5) is 0 Å². The minimum Gasteiger partial charge on any atom is -0.493 e. The summed E-state index contributed by atoms with van der Waals surface area (Å²) in [6.07, 6.45) is 4.29. The van der Waals surface area contributed by atoms with Crippen LogP contribution in [0.3, 0.4) is 0 Å². The summed E-state index contributed by atoms with van der Waals surface area (Å²) >= 11 is 6.59. The Morgan fingerprint density at radius 1 is 1.07 bits per heavy atom. The van der Waals surface area contributed by atoms with Gasteiger partial charge in [0.15, 0.2) is 0 Å². The number of nitrogens with zero attached hydrogens (tertiary/aromatic N) is 1. The lowest BCUT2D eigenvalue weighted by atomic mass is 10.1. The van der Waals surface area contributed by atoms with Crippen molar-refractivity contribution in [2.24, 2.45) is 0 Å². The topological polar surface area (TPSA) is 38.8 Å². The fourth-order valence-corrected chi connectivity index (χ4v) is 4.15. The summed E-state index contributed by atoms with van der Waals surface area (Å²) in [5.41, 5.74) is 3.38. The number of ether oxygens (including phenoxy) is 2. The molecular weight excluding hydrogens is 414 g/mol. The normalized spacial score (nSPS) is 15.0. The summed E-state index contributed by atoms with van der Waals surface area (Å²) in [7, 11) is 0. The van der Waals surface area contributed by atoms with Gasteiger partial charge in [-0.25, -0.2) is 0 Å². The molecule has 0 aromatic heterocycles. The Labute approximate surface area is 187 Å². The molecule has 156 valence electrons. The maximum absolute atomic E-state index is 12.5. The molecule has 30 heavy (non-hydrogen) atoms. The SMILES string of the molecule is C=CCN1C(=O)/C(=C\c2cccc(OCCCOc3ccc(C)c(C)c3)c2)SC1=S. The van der Waals surface area contributed by atoms with Gasteiger partial charge in [0, 0.05) is 13.0 Å². The summed E-state index contributed by atoms with van der Waals surface area (Å²) in [6.45, 7) is 9.41. The van der Waals surface area contributed by atoms with Gasteiger partial charge in [-0.05, 0) is 60.9 Å².